The number of carbonyl (C=O) groups is 1. The largest absolute Gasteiger partial charge is 0.369 e. The minimum absolute atomic E-state index is 0.0312. The molecule has 12 heavy (non-hydrogen) atoms. The Hall–Kier alpha value is -0.840. The Kier molecular flexibility index (Phi) is 2.86. The fourth-order valence-electron chi connectivity index (χ4n) is 1.34. The van der Waals surface area contributed by atoms with Gasteiger partial charge in [-0.05, 0) is 18.6 Å². The van der Waals surface area contributed by atoms with E-state index in [0.29, 0.717) is 11.7 Å². The second kappa shape index (κ2) is 3.71. The highest BCUT2D eigenvalue weighted by molar-refractivity contribution is 7.80. The highest BCUT2D eigenvalue weighted by atomic mass is 32.1. The van der Waals surface area contributed by atoms with E-state index in [1.165, 1.54) is 0 Å². The molecule has 0 spiro atoms. The van der Waals surface area contributed by atoms with Crippen molar-refractivity contribution in [1.82, 2.24) is 10.2 Å². The average Bonchev–Trinajstić information content (AvgIpc) is 2.51. The van der Waals surface area contributed by atoms with Crippen LogP contribution in [0.3, 0.4) is 0 Å². The van der Waals surface area contributed by atoms with Gasteiger partial charge in [0.05, 0.1) is 5.92 Å². The molecule has 1 unspecified atom stereocenters. The lowest BCUT2D eigenvalue weighted by Gasteiger charge is -2.17. The van der Waals surface area contributed by atoms with Crippen molar-refractivity contribution >= 4 is 23.2 Å². The smallest absolute Gasteiger partial charge is 0.222 e. The van der Waals surface area contributed by atoms with Gasteiger partial charge in [0.25, 0.3) is 0 Å². The summed E-state index contributed by atoms with van der Waals surface area (Å²) in [5.74, 6) is -0.257. The first-order valence-corrected chi connectivity index (χ1v) is 4.32. The maximum Gasteiger partial charge on any atom is 0.222 e. The van der Waals surface area contributed by atoms with E-state index >= 15 is 0 Å². The molecule has 1 aliphatic heterocycles. The van der Waals surface area contributed by atoms with E-state index in [-0.39, 0.29) is 11.8 Å². The van der Waals surface area contributed by atoms with Gasteiger partial charge < -0.3 is 16.0 Å². The summed E-state index contributed by atoms with van der Waals surface area (Å²) in [7, 11) is 1.78. The van der Waals surface area contributed by atoms with Crippen LogP contribution in [0.2, 0.25) is 0 Å². The fraction of sp³-hybridized carbons (Fsp3) is 0.714. The van der Waals surface area contributed by atoms with Crippen LogP contribution >= 0.6 is 12.2 Å². The molecule has 1 saturated heterocycles. The number of thiocarbonyl (C=S) groups is 1. The Morgan fingerprint density at radius 2 is 2.42 bits per heavy atom. The number of nitrogens with zero attached hydrogens (tertiary/aromatic N) is 1. The van der Waals surface area contributed by atoms with Gasteiger partial charge in [0.2, 0.25) is 5.91 Å². The van der Waals surface area contributed by atoms with Gasteiger partial charge in [-0.1, -0.05) is 0 Å². The number of hydrogen-bond donors (Lipinski definition) is 2. The van der Waals surface area contributed by atoms with Crippen molar-refractivity contribution < 1.29 is 4.79 Å². The second-order valence-corrected chi connectivity index (χ2v) is 3.28. The molecule has 68 valence electrons. The first-order valence-electron chi connectivity index (χ1n) is 3.91. The normalized spacial score (nSPS) is 22.4. The third-order valence-electron chi connectivity index (χ3n) is 2.09. The Morgan fingerprint density at radius 1 is 1.75 bits per heavy atom. The number of hydrogen-bond acceptors (Lipinski definition) is 2. The van der Waals surface area contributed by atoms with Gasteiger partial charge in [-0.2, -0.15) is 0 Å². The minimum Gasteiger partial charge on any atom is -0.369 e. The van der Waals surface area contributed by atoms with Crippen LogP contribution in [-0.4, -0.2) is 36.1 Å². The lowest BCUT2D eigenvalue weighted by Crippen LogP contribution is -2.37. The molecule has 1 rings (SSSR count). The lowest BCUT2D eigenvalue weighted by molar-refractivity contribution is -0.121. The summed E-state index contributed by atoms with van der Waals surface area (Å²) in [5, 5.41) is 3.56. The standard InChI is InChI=1S/C7H13N3OS/c1-9-7(12)10-3-2-5(4-10)6(8)11/h5H,2-4H2,1H3,(H2,8,11)(H,9,12). The number of amides is 1. The van der Waals surface area contributed by atoms with Crippen LogP contribution in [0.15, 0.2) is 0 Å². The second-order valence-electron chi connectivity index (χ2n) is 2.89. The molecule has 5 heteroatoms. The molecule has 1 amide bonds. The van der Waals surface area contributed by atoms with Gasteiger partial charge in [-0.3, -0.25) is 4.79 Å². The van der Waals surface area contributed by atoms with E-state index in [0.717, 1.165) is 13.0 Å². The first-order chi connectivity index (χ1) is 5.65. The Balaban J connectivity index is 2.45. The van der Waals surface area contributed by atoms with E-state index in [1.54, 1.807) is 7.05 Å². The van der Waals surface area contributed by atoms with Crippen LogP contribution in [0.25, 0.3) is 0 Å². The van der Waals surface area contributed by atoms with Crippen LogP contribution in [0.4, 0.5) is 0 Å². The molecule has 4 nitrogen and oxygen atoms in total. The topological polar surface area (TPSA) is 58.4 Å². The first kappa shape index (κ1) is 9.25. The van der Waals surface area contributed by atoms with Crippen molar-refractivity contribution in [1.29, 1.82) is 0 Å². The average molecular weight is 187 g/mol. The van der Waals surface area contributed by atoms with Crippen LogP contribution in [0.1, 0.15) is 6.42 Å². The van der Waals surface area contributed by atoms with Gasteiger partial charge in [0.1, 0.15) is 0 Å². The number of primary amides is 1. The van der Waals surface area contributed by atoms with Crippen LogP contribution in [0, 0.1) is 5.92 Å². The van der Waals surface area contributed by atoms with E-state index in [2.05, 4.69) is 5.32 Å². The zero-order chi connectivity index (χ0) is 9.14. The van der Waals surface area contributed by atoms with Crippen molar-refractivity contribution in [2.45, 2.75) is 6.42 Å². The number of rotatable bonds is 1. The van der Waals surface area contributed by atoms with E-state index in [9.17, 15) is 4.79 Å². The summed E-state index contributed by atoms with van der Waals surface area (Å²) >= 11 is 5.02. The molecule has 0 radical (unpaired) electrons. The number of carbonyl (C=O) groups excluding carboxylic acids is 1. The molecule has 1 aliphatic rings. The Morgan fingerprint density at radius 3 is 2.83 bits per heavy atom. The Labute approximate surface area is 77.1 Å². The zero-order valence-electron chi connectivity index (χ0n) is 7.04. The van der Waals surface area contributed by atoms with Gasteiger partial charge in [0, 0.05) is 20.1 Å². The molecule has 0 aromatic carbocycles. The summed E-state index contributed by atoms with van der Waals surface area (Å²) in [4.78, 5) is 12.8. The van der Waals surface area contributed by atoms with E-state index < -0.39 is 0 Å². The third kappa shape index (κ3) is 1.85. The fourth-order valence-corrected chi connectivity index (χ4v) is 1.50. The van der Waals surface area contributed by atoms with Crippen LogP contribution in [0.5, 0.6) is 0 Å². The molecular formula is C7H13N3OS. The lowest BCUT2D eigenvalue weighted by atomic mass is 10.1. The molecule has 1 fully saturated rings. The van der Waals surface area contributed by atoms with Crippen molar-refractivity contribution in [2.24, 2.45) is 11.7 Å². The SMILES string of the molecule is CNC(=S)N1CCC(C(N)=O)C1. The molecule has 0 aromatic rings. The molecule has 1 heterocycles. The third-order valence-corrected chi connectivity index (χ3v) is 2.55. The molecule has 3 N–H and O–H groups in total. The predicted molar refractivity (Wildman–Crippen MR) is 50.5 cm³/mol. The number of likely N-dealkylation sites (tertiary alicyclic amines) is 1. The quantitative estimate of drug-likeness (QED) is 0.533. The predicted octanol–water partition coefficient (Wildman–Crippen LogP) is -0.702. The highest BCUT2D eigenvalue weighted by Gasteiger charge is 2.27. The van der Waals surface area contributed by atoms with E-state index in [1.807, 2.05) is 4.90 Å². The van der Waals surface area contributed by atoms with Gasteiger partial charge in [-0.15, -0.1) is 0 Å². The minimum atomic E-state index is -0.226. The molecule has 0 aliphatic carbocycles. The maximum atomic E-state index is 10.8. The van der Waals surface area contributed by atoms with Gasteiger partial charge in [-0.25, -0.2) is 0 Å². The van der Waals surface area contributed by atoms with Crippen molar-refractivity contribution in [2.75, 3.05) is 20.1 Å². The van der Waals surface area contributed by atoms with Gasteiger partial charge >= 0.3 is 0 Å². The summed E-state index contributed by atoms with van der Waals surface area (Å²) in [6, 6.07) is 0. The molecule has 0 aromatic heterocycles. The molecule has 0 bridgehead atoms. The highest BCUT2D eigenvalue weighted by Crippen LogP contribution is 2.15. The Bertz CT molecular complexity index is 207. The molecule has 0 saturated carbocycles. The summed E-state index contributed by atoms with van der Waals surface area (Å²) in [6.45, 7) is 1.49. The van der Waals surface area contributed by atoms with Crippen molar-refractivity contribution in [3.05, 3.63) is 0 Å². The number of nitrogens with one attached hydrogen (secondary N) is 1. The monoisotopic (exact) mass is 187 g/mol. The maximum absolute atomic E-state index is 10.8. The van der Waals surface area contributed by atoms with Crippen molar-refractivity contribution in [3.8, 4) is 0 Å². The summed E-state index contributed by atoms with van der Waals surface area (Å²) in [5.41, 5.74) is 5.17. The molecular weight excluding hydrogens is 174 g/mol. The van der Waals surface area contributed by atoms with Crippen molar-refractivity contribution in [3.63, 3.8) is 0 Å². The zero-order valence-corrected chi connectivity index (χ0v) is 7.86. The van der Waals surface area contributed by atoms with Crippen LogP contribution < -0.4 is 11.1 Å². The van der Waals surface area contributed by atoms with Gasteiger partial charge in [0.15, 0.2) is 5.11 Å². The number of nitrogens with two attached hydrogens (primary N) is 1. The molecule has 1 atom stereocenters. The van der Waals surface area contributed by atoms with Crippen LogP contribution in [-0.2, 0) is 4.79 Å². The van der Waals surface area contributed by atoms with E-state index in [4.69, 9.17) is 18.0 Å². The summed E-state index contributed by atoms with van der Waals surface area (Å²) < 4.78 is 0. The summed E-state index contributed by atoms with van der Waals surface area (Å²) in [6.07, 6.45) is 0.817.